The maximum Gasteiger partial charge on any atom is 0.251 e. The van der Waals surface area contributed by atoms with E-state index in [2.05, 4.69) is 64.2 Å². The zero-order valence-corrected chi connectivity index (χ0v) is 18.1. The molecule has 0 aliphatic heterocycles. The molecule has 0 bridgehead atoms. The SMILES string of the molecule is CCNC(=O)c1ccc(C=C(C)c2ccc3c(c2)C(C)(C)CCC3(C)C)cc1. The van der Waals surface area contributed by atoms with E-state index in [0.29, 0.717) is 12.1 Å². The van der Waals surface area contributed by atoms with Gasteiger partial charge in [-0.05, 0) is 77.5 Å². The fourth-order valence-electron chi connectivity index (χ4n) is 4.16. The van der Waals surface area contributed by atoms with E-state index < -0.39 is 0 Å². The van der Waals surface area contributed by atoms with Gasteiger partial charge in [0.15, 0.2) is 0 Å². The second-order valence-electron chi connectivity index (χ2n) is 9.34. The van der Waals surface area contributed by atoms with Crippen molar-refractivity contribution < 1.29 is 4.79 Å². The van der Waals surface area contributed by atoms with Crippen LogP contribution in [0.3, 0.4) is 0 Å². The van der Waals surface area contributed by atoms with Gasteiger partial charge in [-0.3, -0.25) is 4.79 Å². The normalized spacial score (nSPS) is 17.7. The third kappa shape index (κ3) is 4.06. The van der Waals surface area contributed by atoms with Gasteiger partial charge in [0.05, 0.1) is 0 Å². The summed E-state index contributed by atoms with van der Waals surface area (Å²) in [6.07, 6.45) is 4.66. The Morgan fingerprint density at radius 3 is 2.11 bits per heavy atom. The minimum absolute atomic E-state index is 0.0192. The molecule has 28 heavy (non-hydrogen) atoms. The molecular formula is C26H33NO. The summed E-state index contributed by atoms with van der Waals surface area (Å²) in [7, 11) is 0. The Morgan fingerprint density at radius 1 is 0.929 bits per heavy atom. The third-order valence-electron chi connectivity index (χ3n) is 6.20. The topological polar surface area (TPSA) is 29.1 Å². The van der Waals surface area contributed by atoms with E-state index in [1.54, 1.807) is 0 Å². The molecule has 0 atom stereocenters. The fourth-order valence-corrected chi connectivity index (χ4v) is 4.16. The molecule has 0 saturated heterocycles. The van der Waals surface area contributed by atoms with Crippen LogP contribution < -0.4 is 5.32 Å². The van der Waals surface area contributed by atoms with Gasteiger partial charge < -0.3 is 5.32 Å². The predicted molar refractivity (Wildman–Crippen MR) is 120 cm³/mol. The van der Waals surface area contributed by atoms with Crippen molar-refractivity contribution in [2.24, 2.45) is 0 Å². The van der Waals surface area contributed by atoms with Gasteiger partial charge in [-0.25, -0.2) is 0 Å². The molecule has 2 nitrogen and oxygen atoms in total. The van der Waals surface area contributed by atoms with E-state index in [9.17, 15) is 4.79 Å². The molecular weight excluding hydrogens is 342 g/mol. The number of allylic oxidation sites excluding steroid dienone is 1. The Labute approximate surface area is 170 Å². The van der Waals surface area contributed by atoms with Gasteiger partial charge in [0.1, 0.15) is 0 Å². The van der Waals surface area contributed by atoms with E-state index >= 15 is 0 Å². The van der Waals surface area contributed by atoms with Crippen LogP contribution in [0.1, 0.15) is 87.0 Å². The monoisotopic (exact) mass is 375 g/mol. The quantitative estimate of drug-likeness (QED) is 0.620. The fraction of sp³-hybridized carbons (Fsp3) is 0.423. The molecule has 1 aliphatic rings. The van der Waals surface area contributed by atoms with Crippen LogP contribution >= 0.6 is 0 Å². The van der Waals surface area contributed by atoms with Crippen LogP contribution in [0.2, 0.25) is 0 Å². The second kappa shape index (κ2) is 7.58. The first-order chi connectivity index (χ1) is 13.1. The number of nitrogens with one attached hydrogen (secondary N) is 1. The molecule has 2 heteroatoms. The number of amides is 1. The zero-order chi connectivity index (χ0) is 20.5. The highest BCUT2D eigenvalue weighted by atomic mass is 16.1. The Kier molecular flexibility index (Phi) is 5.52. The number of hydrogen-bond acceptors (Lipinski definition) is 1. The molecule has 1 aliphatic carbocycles. The molecule has 0 saturated carbocycles. The van der Waals surface area contributed by atoms with Gasteiger partial charge in [0.25, 0.3) is 5.91 Å². The van der Waals surface area contributed by atoms with Crippen molar-refractivity contribution in [1.29, 1.82) is 0 Å². The lowest BCUT2D eigenvalue weighted by Gasteiger charge is -2.42. The minimum Gasteiger partial charge on any atom is -0.352 e. The lowest BCUT2D eigenvalue weighted by Crippen LogP contribution is -2.33. The lowest BCUT2D eigenvalue weighted by atomic mass is 9.63. The van der Waals surface area contributed by atoms with Crippen molar-refractivity contribution in [1.82, 2.24) is 5.32 Å². The van der Waals surface area contributed by atoms with Crippen LogP contribution in [0.4, 0.5) is 0 Å². The number of fused-ring (bicyclic) bond motifs is 1. The highest BCUT2D eigenvalue weighted by Crippen LogP contribution is 2.46. The van der Waals surface area contributed by atoms with E-state index in [0.717, 1.165) is 5.56 Å². The molecule has 2 aromatic rings. The first kappa shape index (κ1) is 20.4. The molecule has 1 amide bonds. The largest absolute Gasteiger partial charge is 0.352 e. The van der Waals surface area contributed by atoms with Crippen molar-refractivity contribution in [3.63, 3.8) is 0 Å². The first-order valence-electron chi connectivity index (χ1n) is 10.4. The summed E-state index contributed by atoms with van der Waals surface area (Å²) in [5.41, 5.74) is 7.78. The highest BCUT2D eigenvalue weighted by Gasteiger charge is 2.36. The summed E-state index contributed by atoms with van der Waals surface area (Å²) >= 11 is 0. The summed E-state index contributed by atoms with van der Waals surface area (Å²) < 4.78 is 0. The Hall–Kier alpha value is -2.35. The van der Waals surface area contributed by atoms with Gasteiger partial charge in [0.2, 0.25) is 0 Å². The van der Waals surface area contributed by atoms with E-state index in [1.807, 2.05) is 31.2 Å². The van der Waals surface area contributed by atoms with E-state index in [-0.39, 0.29) is 16.7 Å². The highest BCUT2D eigenvalue weighted by molar-refractivity contribution is 5.94. The summed E-state index contributed by atoms with van der Waals surface area (Å²) in [6.45, 7) is 14.2. The number of benzene rings is 2. The molecule has 0 aromatic heterocycles. The van der Waals surface area contributed by atoms with E-state index in [4.69, 9.17) is 0 Å². The molecule has 0 radical (unpaired) electrons. The van der Waals surface area contributed by atoms with E-state index in [1.165, 1.54) is 35.1 Å². The van der Waals surface area contributed by atoms with Crippen molar-refractivity contribution in [2.75, 3.05) is 6.54 Å². The Bertz CT molecular complexity index is 901. The van der Waals surface area contributed by atoms with Crippen LogP contribution in [-0.2, 0) is 10.8 Å². The number of rotatable bonds is 4. The summed E-state index contributed by atoms with van der Waals surface area (Å²) in [4.78, 5) is 11.9. The maximum atomic E-state index is 11.9. The Morgan fingerprint density at radius 2 is 1.50 bits per heavy atom. The van der Waals surface area contributed by atoms with Gasteiger partial charge in [0, 0.05) is 12.1 Å². The average molecular weight is 376 g/mol. The third-order valence-corrected chi connectivity index (χ3v) is 6.20. The Balaban J connectivity index is 1.91. The molecule has 0 heterocycles. The lowest BCUT2D eigenvalue weighted by molar-refractivity contribution is 0.0956. The van der Waals surface area contributed by atoms with Gasteiger partial charge >= 0.3 is 0 Å². The molecule has 0 spiro atoms. The van der Waals surface area contributed by atoms with Crippen LogP contribution in [0.25, 0.3) is 11.6 Å². The van der Waals surface area contributed by atoms with Crippen molar-refractivity contribution in [2.45, 2.75) is 65.2 Å². The van der Waals surface area contributed by atoms with Crippen molar-refractivity contribution in [3.05, 3.63) is 70.3 Å². The summed E-state index contributed by atoms with van der Waals surface area (Å²) in [6, 6.07) is 14.8. The number of carbonyl (C=O) groups excluding carboxylic acids is 1. The van der Waals surface area contributed by atoms with Crippen molar-refractivity contribution in [3.8, 4) is 0 Å². The van der Waals surface area contributed by atoms with Crippen LogP contribution in [0.15, 0.2) is 42.5 Å². The van der Waals surface area contributed by atoms with Gasteiger partial charge in [-0.15, -0.1) is 0 Å². The molecule has 2 aromatic carbocycles. The van der Waals surface area contributed by atoms with Gasteiger partial charge in [-0.1, -0.05) is 64.1 Å². The zero-order valence-electron chi connectivity index (χ0n) is 18.1. The van der Waals surface area contributed by atoms with Gasteiger partial charge in [-0.2, -0.15) is 0 Å². The predicted octanol–water partition coefficient (Wildman–Crippen LogP) is 6.35. The maximum absolute atomic E-state index is 11.9. The molecule has 0 fully saturated rings. The molecule has 0 unspecified atom stereocenters. The number of hydrogen-bond donors (Lipinski definition) is 1. The smallest absolute Gasteiger partial charge is 0.251 e. The first-order valence-corrected chi connectivity index (χ1v) is 10.4. The second-order valence-corrected chi connectivity index (χ2v) is 9.34. The molecule has 1 N–H and O–H groups in total. The standard InChI is InChI=1S/C26H33NO/c1-7-27-24(28)20-10-8-19(9-11-20)16-18(2)21-12-13-22-23(17-21)26(5,6)15-14-25(22,3)4/h8-13,16-17H,7,14-15H2,1-6H3,(H,27,28). The molecule has 148 valence electrons. The summed E-state index contributed by atoms with van der Waals surface area (Å²) in [5.74, 6) is -0.0192. The van der Waals surface area contributed by atoms with Crippen LogP contribution in [0, 0.1) is 0 Å². The van der Waals surface area contributed by atoms with Crippen LogP contribution in [-0.4, -0.2) is 12.5 Å². The molecule has 3 rings (SSSR count). The summed E-state index contributed by atoms with van der Waals surface area (Å²) in [5, 5.41) is 2.84. The minimum atomic E-state index is -0.0192. The van der Waals surface area contributed by atoms with Crippen LogP contribution in [0.5, 0.6) is 0 Å². The van der Waals surface area contributed by atoms with Crippen molar-refractivity contribution >= 4 is 17.6 Å². The number of carbonyl (C=O) groups is 1. The average Bonchev–Trinajstić information content (AvgIpc) is 2.66.